The normalized spacial score (nSPS) is 11.0. The van der Waals surface area contributed by atoms with Crippen molar-refractivity contribution in [2.45, 2.75) is 19.4 Å². The predicted molar refractivity (Wildman–Crippen MR) is 70.7 cm³/mol. The maximum Gasteiger partial charge on any atom is 0.404 e. The van der Waals surface area contributed by atoms with Crippen LogP contribution in [0.3, 0.4) is 0 Å². The van der Waals surface area contributed by atoms with E-state index < -0.39 is 30.6 Å². The fourth-order valence-corrected chi connectivity index (χ4v) is 1.45. The van der Waals surface area contributed by atoms with Gasteiger partial charge in [-0.25, -0.2) is 9.59 Å². The Labute approximate surface area is 155 Å². The van der Waals surface area contributed by atoms with Crippen molar-refractivity contribution in [3.05, 3.63) is 35.4 Å². The second-order valence-electron chi connectivity index (χ2n) is 4.00. The fraction of sp³-hybridized carbons (Fsp3) is 0.308. The van der Waals surface area contributed by atoms with Crippen LogP contribution in [0.5, 0.6) is 0 Å². The topological polar surface area (TPSA) is 116 Å². The minimum Gasteiger partial charge on any atom is -0.480 e. The van der Waals surface area contributed by atoms with Crippen molar-refractivity contribution < 1.29 is 65.6 Å². The molecule has 0 fully saturated rings. The summed E-state index contributed by atoms with van der Waals surface area (Å²) in [6.45, 7) is -0.180. The van der Waals surface area contributed by atoms with Crippen molar-refractivity contribution in [2.75, 3.05) is 6.54 Å². The van der Waals surface area contributed by atoms with Crippen LogP contribution >= 0.6 is 0 Å². The quantitative estimate of drug-likeness (QED) is 0.445. The van der Waals surface area contributed by atoms with Crippen molar-refractivity contribution in [3.63, 3.8) is 0 Å². The van der Waals surface area contributed by atoms with Gasteiger partial charge in [0, 0.05) is 46.6 Å². The fourth-order valence-electron chi connectivity index (χ4n) is 1.45. The summed E-state index contributed by atoms with van der Waals surface area (Å²) in [6.07, 6.45) is -0.794. The van der Waals surface area contributed by atoms with Gasteiger partial charge in [-0.1, -0.05) is 19.0 Å². The molecule has 0 aliphatic carbocycles. The summed E-state index contributed by atoms with van der Waals surface area (Å²) in [6, 6.07) is 5.10. The summed E-state index contributed by atoms with van der Waals surface area (Å²) >= 11 is 0. The number of nitrogens with one attached hydrogen (secondary N) is 2. The largest absolute Gasteiger partial charge is 0.480 e. The van der Waals surface area contributed by atoms with E-state index in [2.05, 4.69) is 5.32 Å². The molecule has 1 aromatic carbocycles. The van der Waals surface area contributed by atoms with Gasteiger partial charge in [-0.05, 0) is 24.1 Å². The Bertz CT molecular complexity index is 530. The monoisotopic (exact) mass is 516 g/mol. The molecule has 119 valence electrons. The number of rotatable bonds is 6. The van der Waals surface area contributed by atoms with Crippen molar-refractivity contribution >= 4 is 18.0 Å². The number of aryl methyl sites for hydroxylation is 1. The summed E-state index contributed by atoms with van der Waals surface area (Å²) in [7, 11) is 0. The molecule has 1 rings (SSSR count). The van der Waals surface area contributed by atoms with Gasteiger partial charge in [0.15, 0.2) is 0 Å². The minimum absolute atomic E-state index is 0. The third-order valence-electron chi connectivity index (χ3n) is 2.57. The summed E-state index contributed by atoms with van der Waals surface area (Å²) in [4.78, 5) is 33.2. The van der Waals surface area contributed by atoms with Crippen molar-refractivity contribution in [1.82, 2.24) is 10.6 Å². The zero-order chi connectivity index (χ0) is 15.8. The third kappa shape index (κ3) is 7.64. The van der Waals surface area contributed by atoms with Crippen molar-refractivity contribution in [2.24, 2.45) is 0 Å². The standard InChI is InChI=1S/C13H16N2O5.V.W/c1-2-8-3-5-9(6-4-8)11(16)15-10(12(17)18)7-14-13(19)20;;/h3-6,10,14H,2,7H2,1H3,(H,15,16)(H,17,18)(H,19,20);;/t10-;;/m0../s1/i1D;;. The smallest absolute Gasteiger partial charge is 0.404 e. The van der Waals surface area contributed by atoms with E-state index in [1.807, 2.05) is 5.32 Å². The molecule has 0 saturated carbocycles. The van der Waals surface area contributed by atoms with E-state index in [9.17, 15) is 14.4 Å². The van der Waals surface area contributed by atoms with E-state index in [0.717, 1.165) is 5.56 Å². The Hall–Kier alpha value is -1.30. The average Bonchev–Trinajstić information content (AvgIpc) is 2.43. The van der Waals surface area contributed by atoms with Gasteiger partial charge in [0.1, 0.15) is 6.04 Å². The Morgan fingerprint density at radius 1 is 1.23 bits per heavy atom. The molecule has 0 aromatic heterocycles. The molecule has 22 heavy (non-hydrogen) atoms. The van der Waals surface area contributed by atoms with Gasteiger partial charge >= 0.3 is 12.1 Å². The predicted octanol–water partition coefficient (Wildman–Crippen LogP) is 0.695. The van der Waals surface area contributed by atoms with Crippen LogP contribution in [0, 0.1) is 0 Å². The van der Waals surface area contributed by atoms with Gasteiger partial charge in [-0.2, -0.15) is 0 Å². The number of amides is 2. The molecular formula is C13H16N2O5VW. The van der Waals surface area contributed by atoms with E-state index in [-0.39, 0.29) is 52.1 Å². The van der Waals surface area contributed by atoms with Crippen LogP contribution in [-0.4, -0.2) is 40.8 Å². The van der Waals surface area contributed by atoms with E-state index in [0.29, 0.717) is 6.42 Å². The Balaban J connectivity index is 0. The van der Waals surface area contributed by atoms with Gasteiger partial charge in [0.2, 0.25) is 0 Å². The van der Waals surface area contributed by atoms with Gasteiger partial charge in [-0.15, -0.1) is 0 Å². The van der Waals surface area contributed by atoms with Crippen LogP contribution in [0.1, 0.15) is 24.2 Å². The number of hydrogen-bond donors (Lipinski definition) is 4. The first kappa shape index (κ1) is 20.7. The van der Waals surface area contributed by atoms with E-state index in [1.165, 1.54) is 12.1 Å². The van der Waals surface area contributed by atoms with Crippen LogP contribution in [0.2, 0.25) is 0 Å². The van der Waals surface area contributed by atoms with E-state index >= 15 is 0 Å². The van der Waals surface area contributed by atoms with Crippen molar-refractivity contribution in [1.29, 1.82) is 0 Å². The molecule has 0 aliphatic rings. The molecule has 0 aliphatic heterocycles. The number of aliphatic carboxylic acids is 1. The van der Waals surface area contributed by atoms with Gasteiger partial charge in [0.25, 0.3) is 5.91 Å². The first-order valence-corrected chi connectivity index (χ1v) is 5.82. The Morgan fingerprint density at radius 3 is 2.27 bits per heavy atom. The molecule has 4 N–H and O–H groups in total. The molecular weight excluding hydrogens is 499 g/mol. The molecule has 0 bridgehead atoms. The number of benzene rings is 1. The molecule has 1 atom stereocenters. The zero-order valence-corrected chi connectivity index (χ0v) is 15.8. The number of carbonyl (C=O) groups is 3. The van der Waals surface area contributed by atoms with Gasteiger partial charge in [0.05, 0.1) is 6.54 Å². The summed E-state index contributed by atoms with van der Waals surface area (Å²) in [5, 5.41) is 21.5. The van der Waals surface area contributed by atoms with Gasteiger partial charge in [-0.3, -0.25) is 4.79 Å². The van der Waals surface area contributed by atoms with Crippen molar-refractivity contribution in [3.8, 4) is 0 Å². The molecule has 0 heterocycles. The van der Waals surface area contributed by atoms with E-state index in [1.54, 1.807) is 12.1 Å². The molecule has 1 radical (unpaired) electrons. The second-order valence-corrected chi connectivity index (χ2v) is 4.00. The van der Waals surface area contributed by atoms with Crippen LogP contribution in [0.15, 0.2) is 24.3 Å². The molecule has 0 spiro atoms. The zero-order valence-electron chi connectivity index (χ0n) is 12.5. The van der Waals surface area contributed by atoms with Crippen LogP contribution < -0.4 is 10.6 Å². The maximum atomic E-state index is 11.9. The number of hydrogen-bond acceptors (Lipinski definition) is 3. The summed E-state index contributed by atoms with van der Waals surface area (Å²) < 4.78 is 7.10. The Kier molecular flexibility index (Phi) is 10.6. The number of carboxylic acid groups (broad SMARTS) is 2. The summed E-state index contributed by atoms with van der Waals surface area (Å²) in [5.74, 6) is -1.94. The molecule has 0 unspecified atom stereocenters. The minimum atomic E-state index is -1.37. The van der Waals surface area contributed by atoms with Crippen LogP contribution in [0.4, 0.5) is 4.79 Å². The molecule has 0 saturated heterocycles. The number of carbonyl (C=O) groups excluding carboxylic acids is 1. The first-order chi connectivity index (χ1) is 9.93. The average molecular weight is 516 g/mol. The molecule has 9 heteroatoms. The van der Waals surface area contributed by atoms with E-state index in [4.69, 9.17) is 11.6 Å². The van der Waals surface area contributed by atoms with Crippen LogP contribution in [0.25, 0.3) is 0 Å². The first-order valence-electron chi connectivity index (χ1n) is 6.53. The molecule has 2 amide bonds. The second kappa shape index (κ2) is 11.3. The molecule has 1 aromatic rings. The Morgan fingerprint density at radius 2 is 1.82 bits per heavy atom. The third-order valence-corrected chi connectivity index (χ3v) is 2.57. The van der Waals surface area contributed by atoms with Crippen LogP contribution in [-0.2, 0) is 50.8 Å². The SMILES string of the molecule is [2H]CCc1ccc(C(=O)N[C@@H](CNC(=O)O)C(=O)O)cc1.[V].[W]. The number of carboxylic acids is 1. The summed E-state index contributed by atoms with van der Waals surface area (Å²) in [5.41, 5.74) is 1.18. The molecule has 7 nitrogen and oxygen atoms in total. The maximum absolute atomic E-state index is 11.9. The van der Waals surface area contributed by atoms with Gasteiger partial charge < -0.3 is 20.8 Å².